The minimum absolute atomic E-state index is 0.00886. The van der Waals surface area contributed by atoms with Gasteiger partial charge in [0.2, 0.25) is 0 Å². The number of aromatic hydroxyl groups is 1. The number of aryl methyl sites for hydroxylation is 1. The Morgan fingerprint density at radius 3 is 2.70 bits per heavy atom. The summed E-state index contributed by atoms with van der Waals surface area (Å²) in [4.78, 5) is 26.4. The topological polar surface area (TPSA) is 107 Å². The molecule has 0 aliphatic heterocycles. The van der Waals surface area contributed by atoms with E-state index in [4.69, 9.17) is 0 Å². The summed E-state index contributed by atoms with van der Waals surface area (Å²) in [7, 11) is 2.02. The van der Waals surface area contributed by atoms with E-state index >= 15 is 0 Å². The standard InChI is InChI=1S/C23H25N3O4/c1-23(2,3)24-11-12-10-16-13-6-5-7-15-19(14(13)8-9-17(16)26(12)4)25-21(28)18(20(15)27)22(29)30/h5-6,8-10,24H,7,11H2,1-4H3,(H,29,30)(H2,25,27,28). The number of fused-ring (bicyclic) bond motifs is 5. The van der Waals surface area contributed by atoms with Crippen LogP contribution in [0, 0.1) is 0 Å². The van der Waals surface area contributed by atoms with Crippen molar-refractivity contribution in [2.24, 2.45) is 7.05 Å². The number of allylic oxidation sites excluding steroid dienone is 1. The molecule has 0 amide bonds. The number of aromatic nitrogens is 2. The fourth-order valence-corrected chi connectivity index (χ4v) is 3.96. The Morgan fingerprint density at radius 2 is 2.03 bits per heavy atom. The van der Waals surface area contributed by atoms with Gasteiger partial charge in [0.05, 0.1) is 5.69 Å². The van der Waals surface area contributed by atoms with Crippen LogP contribution in [0.25, 0.3) is 28.2 Å². The number of carboxylic acid groups (broad SMARTS) is 1. The molecule has 0 fully saturated rings. The molecule has 0 unspecified atom stereocenters. The summed E-state index contributed by atoms with van der Waals surface area (Å²) in [6.45, 7) is 7.07. The van der Waals surface area contributed by atoms with E-state index in [1.165, 1.54) is 0 Å². The van der Waals surface area contributed by atoms with Gasteiger partial charge in [0, 0.05) is 46.9 Å². The van der Waals surface area contributed by atoms with Crippen molar-refractivity contribution >= 4 is 22.9 Å². The molecular formula is C23H25N3O4. The Bertz CT molecular complexity index is 1270. The van der Waals surface area contributed by atoms with E-state index in [1.807, 2.05) is 31.3 Å². The Hall–Kier alpha value is -3.32. The van der Waals surface area contributed by atoms with Gasteiger partial charge in [-0.05, 0) is 44.9 Å². The van der Waals surface area contributed by atoms with Gasteiger partial charge in [0.15, 0.2) is 5.56 Å². The third-order valence-corrected chi connectivity index (χ3v) is 5.55. The summed E-state index contributed by atoms with van der Waals surface area (Å²) < 4.78 is 2.14. The Kier molecular flexibility index (Phi) is 4.58. The third kappa shape index (κ3) is 3.21. The quantitative estimate of drug-likeness (QED) is 0.532. The molecule has 0 saturated carbocycles. The molecule has 1 aromatic carbocycles. The zero-order valence-corrected chi connectivity index (χ0v) is 17.5. The van der Waals surface area contributed by atoms with Gasteiger partial charge in [-0.25, -0.2) is 4.79 Å². The van der Waals surface area contributed by atoms with Crippen LogP contribution in [-0.2, 0) is 20.0 Å². The number of nitrogens with one attached hydrogen (secondary N) is 2. The largest absolute Gasteiger partial charge is 0.506 e. The first-order chi connectivity index (χ1) is 14.1. The van der Waals surface area contributed by atoms with Crippen LogP contribution in [0.4, 0.5) is 0 Å². The maximum atomic E-state index is 12.3. The lowest BCUT2D eigenvalue weighted by Gasteiger charge is -2.20. The molecule has 1 aliphatic rings. The highest BCUT2D eigenvalue weighted by Crippen LogP contribution is 2.38. The van der Waals surface area contributed by atoms with E-state index in [2.05, 4.69) is 41.7 Å². The first-order valence-electron chi connectivity index (χ1n) is 9.83. The van der Waals surface area contributed by atoms with Crippen molar-refractivity contribution < 1.29 is 15.0 Å². The van der Waals surface area contributed by atoms with Crippen molar-refractivity contribution in [2.45, 2.75) is 39.3 Å². The van der Waals surface area contributed by atoms with Crippen molar-refractivity contribution in [3.63, 3.8) is 0 Å². The van der Waals surface area contributed by atoms with Gasteiger partial charge in [0.25, 0.3) is 5.56 Å². The van der Waals surface area contributed by atoms with Crippen LogP contribution < -0.4 is 10.9 Å². The smallest absolute Gasteiger partial charge is 0.345 e. The van der Waals surface area contributed by atoms with Gasteiger partial charge in [-0.15, -0.1) is 0 Å². The number of aromatic amines is 1. The number of benzene rings is 1. The summed E-state index contributed by atoms with van der Waals surface area (Å²) in [5.41, 5.74) is 3.31. The molecule has 7 nitrogen and oxygen atoms in total. The normalized spacial score (nSPS) is 13.2. The Balaban J connectivity index is 1.93. The van der Waals surface area contributed by atoms with Crippen LogP contribution in [0.1, 0.15) is 48.0 Å². The van der Waals surface area contributed by atoms with Gasteiger partial charge in [0.1, 0.15) is 5.75 Å². The van der Waals surface area contributed by atoms with Gasteiger partial charge in [-0.2, -0.15) is 0 Å². The Labute approximate surface area is 173 Å². The van der Waals surface area contributed by atoms with E-state index in [9.17, 15) is 19.8 Å². The second kappa shape index (κ2) is 6.88. The highest BCUT2D eigenvalue weighted by Gasteiger charge is 2.25. The number of aromatic carboxylic acids is 1. The van der Waals surface area contributed by atoms with Gasteiger partial charge in [-0.3, -0.25) is 4.79 Å². The molecule has 0 radical (unpaired) electrons. The number of nitrogens with zero attached hydrogens (tertiary/aromatic N) is 1. The molecule has 0 bridgehead atoms. The maximum absolute atomic E-state index is 12.3. The Morgan fingerprint density at radius 1 is 1.30 bits per heavy atom. The molecule has 4 N–H and O–H groups in total. The van der Waals surface area contributed by atoms with Crippen LogP contribution in [0.15, 0.2) is 29.1 Å². The lowest BCUT2D eigenvalue weighted by atomic mass is 9.97. The molecule has 7 heteroatoms. The molecule has 0 spiro atoms. The van der Waals surface area contributed by atoms with E-state index < -0.39 is 22.8 Å². The third-order valence-electron chi connectivity index (χ3n) is 5.55. The molecule has 4 rings (SSSR count). The number of hydrogen-bond donors (Lipinski definition) is 4. The predicted octanol–water partition coefficient (Wildman–Crippen LogP) is 3.39. The van der Waals surface area contributed by atoms with Crippen LogP contribution in [0.5, 0.6) is 5.75 Å². The van der Waals surface area contributed by atoms with Crippen molar-refractivity contribution in [1.82, 2.24) is 14.9 Å². The van der Waals surface area contributed by atoms with Crippen LogP contribution in [0.3, 0.4) is 0 Å². The highest BCUT2D eigenvalue weighted by atomic mass is 16.4. The lowest BCUT2D eigenvalue weighted by molar-refractivity contribution is 0.0691. The fraction of sp³-hybridized carbons (Fsp3) is 0.304. The molecule has 3 aromatic rings. The fourth-order valence-electron chi connectivity index (χ4n) is 3.96. The minimum Gasteiger partial charge on any atom is -0.506 e. The molecule has 1 aliphatic carbocycles. The first-order valence-corrected chi connectivity index (χ1v) is 9.83. The van der Waals surface area contributed by atoms with Crippen molar-refractivity contribution in [3.05, 3.63) is 57.0 Å². The van der Waals surface area contributed by atoms with Crippen molar-refractivity contribution in [3.8, 4) is 17.0 Å². The van der Waals surface area contributed by atoms with Crippen LogP contribution in [0.2, 0.25) is 0 Å². The van der Waals surface area contributed by atoms with Gasteiger partial charge in [-0.1, -0.05) is 18.2 Å². The molecule has 30 heavy (non-hydrogen) atoms. The number of pyridine rings is 1. The summed E-state index contributed by atoms with van der Waals surface area (Å²) in [5, 5.41) is 24.3. The van der Waals surface area contributed by atoms with Gasteiger partial charge < -0.3 is 25.1 Å². The molecule has 0 atom stereocenters. The summed E-state index contributed by atoms with van der Waals surface area (Å²) in [6.07, 6.45) is 4.17. The lowest BCUT2D eigenvalue weighted by Crippen LogP contribution is -2.35. The SMILES string of the molecule is Cn1c(CNC(C)(C)C)cc2c3c(ccc21)-c1[nH]c(=O)c(C(=O)O)c(O)c1CC=C3. The first kappa shape index (κ1) is 20.0. The summed E-state index contributed by atoms with van der Waals surface area (Å²) in [6, 6.07) is 6.02. The number of H-pyrrole nitrogens is 1. The monoisotopic (exact) mass is 407 g/mol. The second-order valence-electron chi connectivity index (χ2n) is 8.70. The minimum atomic E-state index is -1.44. The second-order valence-corrected chi connectivity index (χ2v) is 8.70. The van der Waals surface area contributed by atoms with E-state index in [0.717, 1.165) is 27.7 Å². The summed E-state index contributed by atoms with van der Waals surface area (Å²) >= 11 is 0. The average Bonchev–Trinajstić information content (AvgIpc) is 2.84. The van der Waals surface area contributed by atoms with Crippen LogP contribution >= 0.6 is 0 Å². The van der Waals surface area contributed by atoms with Crippen molar-refractivity contribution in [1.29, 1.82) is 0 Å². The zero-order chi connectivity index (χ0) is 21.8. The number of carbonyl (C=O) groups is 1. The highest BCUT2D eigenvalue weighted by molar-refractivity contribution is 5.99. The number of hydrogen-bond acceptors (Lipinski definition) is 4. The maximum Gasteiger partial charge on any atom is 0.345 e. The van der Waals surface area contributed by atoms with E-state index in [1.54, 1.807) is 0 Å². The van der Waals surface area contributed by atoms with Crippen LogP contribution in [-0.4, -0.2) is 31.3 Å². The molecule has 156 valence electrons. The molecule has 0 saturated heterocycles. The van der Waals surface area contributed by atoms with E-state index in [-0.39, 0.29) is 5.54 Å². The van der Waals surface area contributed by atoms with Gasteiger partial charge >= 0.3 is 5.97 Å². The number of rotatable bonds is 3. The zero-order valence-electron chi connectivity index (χ0n) is 17.5. The molecule has 2 heterocycles. The van der Waals surface area contributed by atoms with E-state index in [0.29, 0.717) is 24.2 Å². The molecule has 2 aromatic heterocycles. The van der Waals surface area contributed by atoms with Crippen molar-refractivity contribution in [2.75, 3.05) is 0 Å². The summed E-state index contributed by atoms with van der Waals surface area (Å²) in [5.74, 6) is -1.92. The number of carboxylic acids is 1. The molecular weight excluding hydrogens is 382 g/mol. The average molecular weight is 407 g/mol. The predicted molar refractivity (Wildman–Crippen MR) is 117 cm³/mol.